The molecule has 0 spiro atoms. The van der Waals surface area contributed by atoms with Crippen molar-refractivity contribution < 1.29 is 38.4 Å². The topological polar surface area (TPSA) is 108 Å². The van der Waals surface area contributed by atoms with Crippen molar-refractivity contribution in [1.29, 1.82) is 0 Å². The molecule has 1 saturated heterocycles. The first kappa shape index (κ1) is 15.4. The monoisotopic (exact) mass is 276 g/mol. The largest absolute Gasteiger partial charge is 0.456 e. The summed E-state index contributed by atoms with van der Waals surface area (Å²) in [7, 11) is 0. The molecule has 4 atom stereocenters. The number of hydrogen-bond donors (Lipinski definition) is 1. The summed E-state index contributed by atoms with van der Waals surface area (Å²) in [4.78, 5) is 33.0. The first-order valence-electron chi connectivity index (χ1n) is 5.62. The van der Waals surface area contributed by atoms with E-state index in [1.807, 2.05) is 0 Å². The molecule has 0 aromatic heterocycles. The Labute approximate surface area is 109 Å². The van der Waals surface area contributed by atoms with Gasteiger partial charge < -0.3 is 24.1 Å². The quantitative estimate of drug-likeness (QED) is 0.523. The van der Waals surface area contributed by atoms with Crippen molar-refractivity contribution in [3.8, 4) is 0 Å². The van der Waals surface area contributed by atoms with Crippen LogP contribution in [0.25, 0.3) is 0 Å². The highest BCUT2D eigenvalue weighted by Crippen LogP contribution is 2.23. The lowest BCUT2D eigenvalue weighted by Gasteiger charge is -2.38. The van der Waals surface area contributed by atoms with E-state index in [9.17, 15) is 19.5 Å². The van der Waals surface area contributed by atoms with E-state index in [0.29, 0.717) is 0 Å². The van der Waals surface area contributed by atoms with E-state index in [1.54, 1.807) is 0 Å². The van der Waals surface area contributed by atoms with Gasteiger partial charge in [-0.1, -0.05) is 0 Å². The lowest BCUT2D eigenvalue weighted by molar-refractivity contribution is -0.267. The molecule has 1 fully saturated rings. The summed E-state index contributed by atoms with van der Waals surface area (Å²) in [6, 6.07) is 0. The molecule has 0 radical (unpaired) electrons. The summed E-state index contributed by atoms with van der Waals surface area (Å²) in [5, 5.41) is 9.62. The third-order valence-corrected chi connectivity index (χ3v) is 2.32. The van der Waals surface area contributed by atoms with Gasteiger partial charge in [0, 0.05) is 20.8 Å². The van der Waals surface area contributed by atoms with E-state index in [0.717, 1.165) is 13.8 Å². The number of aliphatic hydroxyl groups is 1. The average Bonchev–Trinajstić information content (AvgIpc) is 2.25. The van der Waals surface area contributed by atoms with Crippen LogP contribution >= 0.6 is 0 Å². The standard InChI is InChI=1S/C11H16O8/c1-5(12)17-8-4-16-11(15)10(19-7(3)14)9(8)18-6(2)13/h8-11,15H,4H2,1-3H3/t8-,9+,10+,11?/m0/s1. The van der Waals surface area contributed by atoms with Crippen molar-refractivity contribution in [1.82, 2.24) is 0 Å². The molecular weight excluding hydrogens is 260 g/mol. The van der Waals surface area contributed by atoms with Gasteiger partial charge in [0.15, 0.2) is 24.6 Å². The van der Waals surface area contributed by atoms with E-state index in [1.165, 1.54) is 6.92 Å². The van der Waals surface area contributed by atoms with Crippen LogP contribution in [-0.2, 0) is 33.3 Å². The van der Waals surface area contributed by atoms with Gasteiger partial charge in [-0.05, 0) is 0 Å². The highest BCUT2D eigenvalue weighted by atomic mass is 16.7. The maximum atomic E-state index is 11.1. The predicted molar refractivity (Wildman–Crippen MR) is 58.6 cm³/mol. The van der Waals surface area contributed by atoms with Gasteiger partial charge in [-0.15, -0.1) is 0 Å². The third kappa shape index (κ3) is 4.49. The first-order valence-corrected chi connectivity index (χ1v) is 5.62. The summed E-state index contributed by atoms with van der Waals surface area (Å²) in [5.74, 6) is -1.95. The Hall–Kier alpha value is -1.67. The number of carbonyl (C=O) groups excluding carboxylic acids is 3. The minimum Gasteiger partial charge on any atom is -0.456 e. The lowest BCUT2D eigenvalue weighted by atomic mass is 10.0. The fourth-order valence-corrected chi connectivity index (χ4v) is 1.72. The smallest absolute Gasteiger partial charge is 0.303 e. The van der Waals surface area contributed by atoms with Crippen LogP contribution in [0.2, 0.25) is 0 Å². The van der Waals surface area contributed by atoms with Gasteiger partial charge in [-0.3, -0.25) is 14.4 Å². The number of ether oxygens (including phenoxy) is 4. The van der Waals surface area contributed by atoms with Gasteiger partial charge in [0.25, 0.3) is 0 Å². The third-order valence-electron chi connectivity index (χ3n) is 2.32. The van der Waals surface area contributed by atoms with Gasteiger partial charge >= 0.3 is 17.9 Å². The molecule has 0 saturated carbocycles. The predicted octanol–water partition coefficient (Wildman–Crippen LogP) is -0.870. The fourth-order valence-electron chi connectivity index (χ4n) is 1.72. The number of aliphatic hydroxyl groups excluding tert-OH is 1. The summed E-state index contributed by atoms with van der Waals surface area (Å²) < 4.78 is 19.6. The molecule has 1 aliphatic rings. The molecule has 0 bridgehead atoms. The highest BCUT2D eigenvalue weighted by molar-refractivity contribution is 5.68. The Kier molecular flexibility index (Phi) is 5.25. The highest BCUT2D eigenvalue weighted by Gasteiger charge is 2.46. The molecule has 1 aliphatic heterocycles. The van der Waals surface area contributed by atoms with Gasteiger partial charge in [0.2, 0.25) is 0 Å². The molecule has 1 heterocycles. The second-order valence-electron chi connectivity index (χ2n) is 4.02. The number of rotatable bonds is 3. The molecule has 0 aliphatic carbocycles. The number of esters is 3. The molecule has 0 aromatic rings. The fraction of sp³-hybridized carbons (Fsp3) is 0.727. The van der Waals surface area contributed by atoms with Crippen LogP contribution < -0.4 is 0 Å². The Morgan fingerprint density at radius 1 is 0.947 bits per heavy atom. The van der Waals surface area contributed by atoms with Crippen molar-refractivity contribution in [3.05, 3.63) is 0 Å². The summed E-state index contributed by atoms with van der Waals surface area (Å²) in [6.45, 7) is 3.29. The normalized spacial score (nSPS) is 30.3. The zero-order chi connectivity index (χ0) is 14.6. The molecule has 1 rings (SSSR count). The van der Waals surface area contributed by atoms with Gasteiger partial charge in [-0.2, -0.15) is 0 Å². The van der Waals surface area contributed by atoms with E-state index >= 15 is 0 Å². The Balaban J connectivity index is 2.89. The first-order chi connectivity index (χ1) is 8.81. The SMILES string of the molecule is CC(=O)O[C@@H]1[C@@H](OC(C)=O)COC(O)[C@@H]1OC(C)=O. The molecule has 19 heavy (non-hydrogen) atoms. The Morgan fingerprint density at radius 3 is 1.89 bits per heavy atom. The van der Waals surface area contributed by atoms with Gasteiger partial charge in [0.05, 0.1) is 6.61 Å². The molecule has 8 nitrogen and oxygen atoms in total. The van der Waals surface area contributed by atoms with Crippen LogP contribution in [0.3, 0.4) is 0 Å². The maximum Gasteiger partial charge on any atom is 0.303 e. The van der Waals surface area contributed by atoms with E-state index in [-0.39, 0.29) is 6.61 Å². The maximum absolute atomic E-state index is 11.1. The average molecular weight is 276 g/mol. The van der Waals surface area contributed by atoms with Crippen LogP contribution in [0.15, 0.2) is 0 Å². The van der Waals surface area contributed by atoms with E-state index < -0.39 is 42.5 Å². The minimum absolute atomic E-state index is 0.170. The molecule has 108 valence electrons. The second-order valence-corrected chi connectivity index (χ2v) is 4.02. The number of carbonyl (C=O) groups is 3. The van der Waals surface area contributed by atoms with E-state index in [2.05, 4.69) is 0 Å². The zero-order valence-electron chi connectivity index (χ0n) is 10.8. The minimum atomic E-state index is -1.46. The molecule has 8 heteroatoms. The molecule has 0 amide bonds. The van der Waals surface area contributed by atoms with Crippen molar-refractivity contribution in [2.24, 2.45) is 0 Å². The van der Waals surface area contributed by atoms with Gasteiger partial charge in [-0.25, -0.2) is 0 Å². The van der Waals surface area contributed by atoms with Crippen LogP contribution in [0, 0.1) is 0 Å². The van der Waals surface area contributed by atoms with Crippen molar-refractivity contribution in [2.75, 3.05) is 6.61 Å². The number of hydrogen-bond acceptors (Lipinski definition) is 8. The van der Waals surface area contributed by atoms with Crippen LogP contribution in [0.1, 0.15) is 20.8 Å². The summed E-state index contributed by atoms with van der Waals surface area (Å²) in [5.41, 5.74) is 0. The van der Waals surface area contributed by atoms with Crippen LogP contribution in [0.5, 0.6) is 0 Å². The van der Waals surface area contributed by atoms with E-state index in [4.69, 9.17) is 18.9 Å². The molecular formula is C11H16O8. The van der Waals surface area contributed by atoms with Crippen molar-refractivity contribution in [2.45, 2.75) is 45.4 Å². The van der Waals surface area contributed by atoms with Crippen molar-refractivity contribution >= 4 is 17.9 Å². The zero-order valence-corrected chi connectivity index (χ0v) is 10.8. The van der Waals surface area contributed by atoms with Crippen LogP contribution in [0.4, 0.5) is 0 Å². The van der Waals surface area contributed by atoms with Crippen LogP contribution in [-0.4, -0.2) is 54.2 Å². The van der Waals surface area contributed by atoms with Crippen molar-refractivity contribution in [3.63, 3.8) is 0 Å². The summed E-state index contributed by atoms with van der Waals surface area (Å²) in [6.07, 6.45) is -4.78. The second kappa shape index (κ2) is 6.48. The Morgan fingerprint density at radius 2 is 1.42 bits per heavy atom. The molecule has 1 N–H and O–H groups in total. The molecule has 0 aromatic carbocycles. The molecule has 1 unspecified atom stereocenters. The Bertz CT molecular complexity index is 366. The lowest BCUT2D eigenvalue weighted by Crippen LogP contribution is -2.57. The van der Waals surface area contributed by atoms with Gasteiger partial charge in [0.1, 0.15) is 0 Å². The summed E-state index contributed by atoms with van der Waals surface area (Å²) >= 11 is 0.